The Labute approximate surface area is 112 Å². The third-order valence-electron chi connectivity index (χ3n) is 3.87. The van der Waals surface area contributed by atoms with E-state index in [0.29, 0.717) is 18.5 Å². The number of carbonyl (C=O) groups excluding carboxylic acids is 2. The molecule has 0 saturated carbocycles. The first-order chi connectivity index (χ1) is 8.44. The summed E-state index contributed by atoms with van der Waals surface area (Å²) < 4.78 is 0.825. The Morgan fingerprint density at radius 1 is 1.33 bits per heavy atom. The number of likely N-dealkylation sites (N-methyl/N-ethyl adjacent to an activating group) is 1. The smallest absolute Gasteiger partial charge is 0.324 e. The zero-order valence-corrected chi connectivity index (χ0v) is 11.4. The lowest BCUT2D eigenvalue weighted by atomic mass is 9.95. The number of anilines is 1. The fourth-order valence-corrected chi connectivity index (χ4v) is 3.13. The lowest BCUT2D eigenvalue weighted by Gasteiger charge is -2.27. The maximum atomic E-state index is 12.0. The maximum Gasteiger partial charge on any atom is 0.324 e. The lowest BCUT2D eigenvalue weighted by Crippen LogP contribution is -2.48. The molecule has 1 heterocycles. The van der Waals surface area contributed by atoms with Gasteiger partial charge in [0, 0.05) is 30.0 Å². The van der Waals surface area contributed by atoms with Crippen LogP contribution in [0.3, 0.4) is 0 Å². The standard InChI is InChI=1S/C12H12BrN3O2/c1-16-11(18)15-10(17)12(16)4-6-2-8(13)9(14)3-7(6)5-12/h2-3H,4-5,14H2,1H3,(H,15,17,18). The van der Waals surface area contributed by atoms with Gasteiger partial charge >= 0.3 is 6.03 Å². The van der Waals surface area contributed by atoms with Gasteiger partial charge in [0.05, 0.1) is 0 Å². The number of fused-ring (bicyclic) bond motifs is 1. The molecule has 3 N–H and O–H groups in total. The van der Waals surface area contributed by atoms with Gasteiger partial charge in [0.15, 0.2) is 0 Å². The molecule has 94 valence electrons. The van der Waals surface area contributed by atoms with Gasteiger partial charge in [-0.05, 0) is 39.2 Å². The van der Waals surface area contributed by atoms with E-state index in [9.17, 15) is 9.59 Å². The van der Waals surface area contributed by atoms with Crippen LogP contribution >= 0.6 is 15.9 Å². The molecule has 1 aromatic carbocycles. The first-order valence-electron chi connectivity index (χ1n) is 5.60. The second-order valence-corrected chi connectivity index (χ2v) is 5.70. The highest BCUT2D eigenvalue weighted by molar-refractivity contribution is 9.10. The summed E-state index contributed by atoms with van der Waals surface area (Å²) in [5, 5.41) is 2.37. The van der Waals surface area contributed by atoms with Gasteiger partial charge in [0.2, 0.25) is 0 Å². The van der Waals surface area contributed by atoms with Crippen molar-refractivity contribution in [3.63, 3.8) is 0 Å². The van der Waals surface area contributed by atoms with E-state index in [-0.39, 0.29) is 11.9 Å². The zero-order chi connectivity index (χ0) is 13.1. The molecule has 1 saturated heterocycles. The predicted octanol–water partition coefficient (Wildman–Crippen LogP) is 1.05. The van der Waals surface area contributed by atoms with Crippen molar-refractivity contribution in [1.82, 2.24) is 10.2 Å². The first kappa shape index (κ1) is 11.5. The van der Waals surface area contributed by atoms with Gasteiger partial charge in [-0.2, -0.15) is 0 Å². The Morgan fingerprint density at radius 2 is 1.94 bits per heavy atom. The highest BCUT2D eigenvalue weighted by Gasteiger charge is 2.54. The highest BCUT2D eigenvalue weighted by Crippen LogP contribution is 2.39. The Balaban J connectivity index is 2.07. The van der Waals surface area contributed by atoms with Gasteiger partial charge in [0.25, 0.3) is 5.91 Å². The quantitative estimate of drug-likeness (QED) is 0.555. The third kappa shape index (κ3) is 1.32. The predicted molar refractivity (Wildman–Crippen MR) is 70.0 cm³/mol. The van der Waals surface area contributed by atoms with Crippen molar-refractivity contribution in [3.05, 3.63) is 27.7 Å². The SMILES string of the molecule is CN1C(=O)NC(=O)C12Cc1cc(N)c(Br)cc1C2. The van der Waals surface area contributed by atoms with E-state index in [1.807, 2.05) is 12.1 Å². The minimum absolute atomic E-state index is 0.221. The molecule has 2 aliphatic rings. The summed E-state index contributed by atoms with van der Waals surface area (Å²) in [7, 11) is 1.66. The first-order valence-corrected chi connectivity index (χ1v) is 6.39. The summed E-state index contributed by atoms with van der Waals surface area (Å²) in [6.45, 7) is 0. The summed E-state index contributed by atoms with van der Waals surface area (Å²) in [5.74, 6) is -0.221. The number of carbonyl (C=O) groups is 2. The maximum absolute atomic E-state index is 12.0. The lowest BCUT2D eigenvalue weighted by molar-refractivity contribution is -0.125. The van der Waals surface area contributed by atoms with Crippen LogP contribution in [0.2, 0.25) is 0 Å². The molecule has 3 rings (SSSR count). The van der Waals surface area contributed by atoms with Gasteiger partial charge in [-0.25, -0.2) is 4.79 Å². The van der Waals surface area contributed by atoms with E-state index in [1.165, 1.54) is 4.90 Å². The van der Waals surface area contributed by atoms with E-state index < -0.39 is 5.54 Å². The molecule has 1 fully saturated rings. The Hall–Kier alpha value is -1.56. The Morgan fingerprint density at radius 3 is 2.50 bits per heavy atom. The summed E-state index contributed by atoms with van der Waals surface area (Å²) in [5.41, 5.74) is 7.83. The number of urea groups is 1. The van der Waals surface area contributed by atoms with E-state index in [4.69, 9.17) is 5.73 Å². The number of imide groups is 1. The largest absolute Gasteiger partial charge is 0.398 e. The summed E-state index contributed by atoms with van der Waals surface area (Å²) in [6, 6.07) is 3.47. The normalized spacial score (nSPS) is 25.8. The van der Waals surface area contributed by atoms with Crippen LogP contribution in [0.15, 0.2) is 16.6 Å². The van der Waals surface area contributed by atoms with Gasteiger partial charge < -0.3 is 10.6 Å². The van der Waals surface area contributed by atoms with Crippen molar-refractivity contribution < 1.29 is 9.59 Å². The molecule has 1 aromatic rings. The molecule has 0 radical (unpaired) electrons. The summed E-state index contributed by atoms with van der Waals surface area (Å²) in [4.78, 5) is 25.1. The Kier molecular flexibility index (Phi) is 2.22. The van der Waals surface area contributed by atoms with Crippen molar-refractivity contribution in [2.45, 2.75) is 18.4 Å². The minimum atomic E-state index is -0.771. The van der Waals surface area contributed by atoms with E-state index >= 15 is 0 Å². The minimum Gasteiger partial charge on any atom is -0.398 e. The second kappa shape index (κ2) is 3.47. The van der Waals surface area contributed by atoms with Crippen LogP contribution < -0.4 is 11.1 Å². The number of nitrogens with one attached hydrogen (secondary N) is 1. The molecular formula is C12H12BrN3O2. The molecule has 6 heteroatoms. The van der Waals surface area contributed by atoms with Crippen LogP contribution in [0, 0.1) is 0 Å². The van der Waals surface area contributed by atoms with Crippen LogP contribution in [0.4, 0.5) is 10.5 Å². The average molecular weight is 310 g/mol. The number of nitrogen functional groups attached to an aromatic ring is 1. The fourth-order valence-electron chi connectivity index (χ4n) is 2.74. The molecule has 18 heavy (non-hydrogen) atoms. The van der Waals surface area contributed by atoms with Gasteiger partial charge in [-0.3, -0.25) is 10.1 Å². The van der Waals surface area contributed by atoms with Crippen LogP contribution in [0.25, 0.3) is 0 Å². The number of amides is 3. The monoisotopic (exact) mass is 309 g/mol. The number of hydrogen-bond donors (Lipinski definition) is 2. The van der Waals surface area contributed by atoms with Gasteiger partial charge in [0.1, 0.15) is 5.54 Å². The van der Waals surface area contributed by atoms with Crippen molar-refractivity contribution in [2.75, 3.05) is 12.8 Å². The van der Waals surface area contributed by atoms with Crippen molar-refractivity contribution in [3.8, 4) is 0 Å². The van der Waals surface area contributed by atoms with E-state index in [0.717, 1.165) is 15.6 Å². The molecule has 1 unspecified atom stereocenters. The molecule has 1 spiro atoms. The van der Waals surface area contributed by atoms with E-state index in [2.05, 4.69) is 21.2 Å². The van der Waals surface area contributed by atoms with Crippen molar-refractivity contribution >= 4 is 33.6 Å². The molecule has 1 aliphatic heterocycles. The van der Waals surface area contributed by atoms with Gasteiger partial charge in [-0.15, -0.1) is 0 Å². The molecule has 1 atom stereocenters. The topological polar surface area (TPSA) is 75.4 Å². The number of rotatable bonds is 0. The average Bonchev–Trinajstić information content (AvgIpc) is 2.76. The zero-order valence-electron chi connectivity index (χ0n) is 9.79. The number of benzene rings is 1. The molecule has 3 amide bonds. The summed E-state index contributed by atoms with van der Waals surface area (Å²) in [6.07, 6.45) is 1.06. The molecular weight excluding hydrogens is 298 g/mol. The third-order valence-corrected chi connectivity index (χ3v) is 4.56. The number of halogens is 1. The highest BCUT2D eigenvalue weighted by atomic mass is 79.9. The van der Waals surface area contributed by atoms with Crippen LogP contribution in [-0.2, 0) is 17.6 Å². The number of nitrogens with zero attached hydrogens (tertiary/aromatic N) is 1. The number of nitrogens with two attached hydrogens (primary N) is 1. The Bertz CT molecular complexity index is 554. The molecule has 0 bridgehead atoms. The van der Waals surface area contributed by atoms with Crippen LogP contribution in [-0.4, -0.2) is 29.4 Å². The van der Waals surface area contributed by atoms with Crippen LogP contribution in [0.5, 0.6) is 0 Å². The second-order valence-electron chi connectivity index (χ2n) is 4.85. The van der Waals surface area contributed by atoms with Crippen LogP contribution in [0.1, 0.15) is 11.1 Å². The van der Waals surface area contributed by atoms with E-state index in [1.54, 1.807) is 7.05 Å². The molecule has 5 nitrogen and oxygen atoms in total. The van der Waals surface area contributed by atoms with Crippen molar-refractivity contribution in [1.29, 1.82) is 0 Å². The molecule has 1 aliphatic carbocycles. The van der Waals surface area contributed by atoms with Crippen molar-refractivity contribution in [2.24, 2.45) is 0 Å². The number of hydrogen-bond acceptors (Lipinski definition) is 3. The van der Waals surface area contributed by atoms with Gasteiger partial charge in [-0.1, -0.05) is 0 Å². The molecule has 0 aromatic heterocycles. The fraction of sp³-hybridized carbons (Fsp3) is 0.333. The summed E-state index contributed by atoms with van der Waals surface area (Å²) >= 11 is 3.38.